The minimum absolute atomic E-state index is 0.183. The second-order valence-electron chi connectivity index (χ2n) is 2.30. The summed E-state index contributed by atoms with van der Waals surface area (Å²) >= 11 is 0. The average Bonchev–Trinajstić information content (AvgIpc) is 2.09. The van der Waals surface area contributed by atoms with Gasteiger partial charge in [-0.25, -0.2) is 4.39 Å². The first-order valence-electron chi connectivity index (χ1n) is 3.47. The molecule has 3 heteroatoms. The van der Waals surface area contributed by atoms with E-state index in [1.165, 1.54) is 19.2 Å². The van der Waals surface area contributed by atoms with Gasteiger partial charge in [0.05, 0.1) is 19.6 Å². The first-order valence-corrected chi connectivity index (χ1v) is 3.47. The van der Waals surface area contributed by atoms with Crippen molar-refractivity contribution in [1.29, 1.82) is 5.26 Å². The zero-order valence-corrected chi connectivity index (χ0v) is 6.67. The molecule has 0 N–H and O–H groups in total. The quantitative estimate of drug-likeness (QED) is 0.670. The standard InChI is InChI=1S/C9H8FNO/c1-12-9-6-7(4-5-11)2-3-8(9)10/h2-3,6H,4H2,1H3. The van der Waals surface area contributed by atoms with Crippen LogP contribution in [0.3, 0.4) is 0 Å². The van der Waals surface area contributed by atoms with E-state index >= 15 is 0 Å². The van der Waals surface area contributed by atoms with Gasteiger partial charge in [-0.3, -0.25) is 0 Å². The van der Waals surface area contributed by atoms with Gasteiger partial charge >= 0.3 is 0 Å². The number of nitrogens with zero attached hydrogens (tertiary/aromatic N) is 1. The average molecular weight is 165 g/mol. The smallest absolute Gasteiger partial charge is 0.165 e. The van der Waals surface area contributed by atoms with Gasteiger partial charge in [0.2, 0.25) is 0 Å². The maximum Gasteiger partial charge on any atom is 0.165 e. The van der Waals surface area contributed by atoms with Crippen LogP contribution in [0.2, 0.25) is 0 Å². The van der Waals surface area contributed by atoms with Gasteiger partial charge in [-0.2, -0.15) is 5.26 Å². The van der Waals surface area contributed by atoms with E-state index in [1.54, 1.807) is 6.07 Å². The maximum atomic E-state index is 12.8. The molecule has 2 nitrogen and oxygen atoms in total. The predicted octanol–water partition coefficient (Wildman–Crippen LogP) is 1.90. The van der Waals surface area contributed by atoms with E-state index in [9.17, 15) is 4.39 Å². The molecule has 0 spiro atoms. The molecule has 0 saturated heterocycles. The Balaban J connectivity index is 2.98. The lowest BCUT2D eigenvalue weighted by Crippen LogP contribution is -1.90. The number of rotatable bonds is 2. The lowest BCUT2D eigenvalue weighted by molar-refractivity contribution is 0.386. The highest BCUT2D eigenvalue weighted by molar-refractivity contribution is 5.31. The van der Waals surface area contributed by atoms with Crippen LogP contribution in [-0.2, 0) is 6.42 Å². The Morgan fingerprint density at radius 1 is 1.58 bits per heavy atom. The fraction of sp³-hybridized carbons (Fsp3) is 0.222. The maximum absolute atomic E-state index is 12.8. The van der Waals surface area contributed by atoms with E-state index in [4.69, 9.17) is 10.00 Å². The first-order chi connectivity index (χ1) is 5.77. The van der Waals surface area contributed by atoms with Crippen LogP contribution in [0, 0.1) is 17.1 Å². The van der Waals surface area contributed by atoms with E-state index in [1.807, 2.05) is 6.07 Å². The zero-order valence-electron chi connectivity index (χ0n) is 6.67. The molecule has 0 aliphatic rings. The molecule has 0 aliphatic carbocycles. The molecule has 0 heterocycles. The highest BCUT2D eigenvalue weighted by Gasteiger charge is 2.02. The van der Waals surface area contributed by atoms with Crippen LogP contribution in [0.15, 0.2) is 18.2 Å². The third-order valence-corrected chi connectivity index (χ3v) is 1.50. The van der Waals surface area contributed by atoms with E-state index in [-0.39, 0.29) is 12.2 Å². The molecule has 1 aromatic carbocycles. The summed E-state index contributed by atoms with van der Waals surface area (Å²) < 4.78 is 17.5. The second kappa shape index (κ2) is 3.72. The van der Waals surface area contributed by atoms with Crippen molar-refractivity contribution in [1.82, 2.24) is 0 Å². The summed E-state index contributed by atoms with van der Waals surface area (Å²) in [5.74, 6) is -0.220. The SMILES string of the molecule is COc1cc(CC#N)ccc1F. The molecule has 0 amide bonds. The molecule has 0 aromatic heterocycles. The van der Waals surface area contributed by atoms with Gasteiger partial charge in [0.1, 0.15) is 0 Å². The minimum atomic E-state index is -0.404. The summed E-state index contributed by atoms with van der Waals surface area (Å²) in [5.41, 5.74) is 0.760. The second-order valence-corrected chi connectivity index (χ2v) is 2.30. The number of benzene rings is 1. The van der Waals surface area contributed by atoms with Crippen molar-refractivity contribution in [3.63, 3.8) is 0 Å². The predicted molar refractivity (Wildman–Crippen MR) is 42.3 cm³/mol. The summed E-state index contributed by atoms with van der Waals surface area (Å²) in [6.45, 7) is 0. The Kier molecular flexibility index (Phi) is 2.65. The lowest BCUT2D eigenvalue weighted by atomic mass is 10.1. The van der Waals surface area contributed by atoms with Gasteiger partial charge in [0.25, 0.3) is 0 Å². The number of hydrogen-bond donors (Lipinski definition) is 0. The van der Waals surface area contributed by atoms with Gasteiger partial charge in [0.15, 0.2) is 11.6 Å². The van der Waals surface area contributed by atoms with Crippen molar-refractivity contribution < 1.29 is 9.13 Å². The summed E-state index contributed by atoms with van der Waals surface area (Å²) in [5, 5.41) is 8.37. The molecule has 0 aliphatic heterocycles. The number of methoxy groups -OCH3 is 1. The number of halogens is 1. The van der Waals surface area contributed by atoms with Crippen molar-refractivity contribution in [2.45, 2.75) is 6.42 Å². The number of hydrogen-bond acceptors (Lipinski definition) is 2. The summed E-state index contributed by atoms with van der Waals surface area (Å²) in [6.07, 6.45) is 0.274. The number of nitriles is 1. The summed E-state index contributed by atoms with van der Waals surface area (Å²) in [7, 11) is 1.40. The van der Waals surface area contributed by atoms with Crippen molar-refractivity contribution in [2.75, 3.05) is 7.11 Å². The monoisotopic (exact) mass is 165 g/mol. The molecule has 0 bridgehead atoms. The topological polar surface area (TPSA) is 33.0 Å². The van der Waals surface area contributed by atoms with E-state index in [0.717, 1.165) is 5.56 Å². The normalized spacial score (nSPS) is 9.08. The van der Waals surface area contributed by atoms with Gasteiger partial charge in [-0.1, -0.05) is 6.07 Å². The molecule has 0 unspecified atom stereocenters. The molecule has 0 atom stereocenters. The van der Waals surface area contributed by atoms with E-state index < -0.39 is 5.82 Å². The molecule has 12 heavy (non-hydrogen) atoms. The van der Waals surface area contributed by atoms with E-state index in [2.05, 4.69) is 0 Å². The Labute approximate surface area is 70.2 Å². The van der Waals surface area contributed by atoms with Crippen LogP contribution >= 0.6 is 0 Å². The summed E-state index contributed by atoms with van der Waals surface area (Å²) in [6, 6.07) is 6.37. The van der Waals surface area contributed by atoms with Gasteiger partial charge < -0.3 is 4.74 Å². The van der Waals surface area contributed by atoms with Crippen LogP contribution in [0.4, 0.5) is 4.39 Å². The summed E-state index contributed by atoms with van der Waals surface area (Å²) in [4.78, 5) is 0. The highest BCUT2D eigenvalue weighted by atomic mass is 19.1. The zero-order chi connectivity index (χ0) is 8.97. The largest absolute Gasteiger partial charge is 0.494 e. The van der Waals surface area contributed by atoms with Crippen LogP contribution in [-0.4, -0.2) is 7.11 Å². The van der Waals surface area contributed by atoms with Crippen molar-refractivity contribution in [3.05, 3.63) is 29.6 Å². The molecular weight excluding hydrogens is 157 g/mol. The van der Waals surface area contributed by atoms with Gasteiger partial charge in [-0.05, 0) is 17.7 Å². The fourth-order valence-corrected chi connectivity index (χ4v) is 0.905. The van der Waals surface area contributed by atoms with Crippen LogP contribution in [0.25, 0.3) is 0 Å². The first kappa shape index (κ1) is 8.54. The molecule has 1 aromatic rings. The van der Waals surface area contributed by atoms with Crippen molar-refractivity contribution in [2.24, 2.45) is 0 Å². The van der Waals surface area contributed by atoms with Crippen LogP contribution in [0.1, 0.15) is 5.56 Å². The highest BCUT2D eigenvalue weighted by Crippen LogP contribution is 2.18. The molecule has 0 saturated carbocycles. The minimum Gasteiger partial charge on any atom is -0.494 e. The Bertz CT molecular complexity index is 317. The molecule has 1 rings (SSSR count). The van der Waals surface area contributed by atoms with Crippen molar-refractivity contribution >= 4 is 0 Å². The number of ether oxygens (including phenoxy) is 1. The Morgan fingerprint density at radius 3 is 2.92 bits per heavy atom. The third-order valence-electron chi connectivity index (χ3n) is 1.50. The van der Waals surface area contributed by atoms with Crippen LogP contribution in [0.5, 0.6) is 5.75 Å². The third kappa shape index (κ3) is 1.73. The van der Waals surface area contributed by atoms with Gasteiger partial charge in [0, 0.05) is 0 Å². The lowest BCUT2D eigenvalue weighted by Gasteiger charge is -2.02. The van der Waals surface area contributed by atoms with Crippen molar-refractivity contribution in [3.8, 4) is 11.8 Å². The molecule has 0 radical (unpaired) electrons. The molecular formula is C9H8FNO. The van der Waals surface area contributed by atoms with Crippen LogP contribution < -0.4 is 4.74 Å². The fourth-order valence-electron chi connectivity index (χ4n) is 0.905. The molecule has 62 valence electrons. The Morgan fingerprint density at radius 2 is 2.33 bits per heavy atom. The Hall–Kier alpha value is -1.56. The van der Waals surface area contributed by atoms with Gasteiger partial charge in [-0.15, -0.1) is 0 Å². The molecule has 0 fully saturated rings. The van der Waals surface area contributed by atoms with E-state index in [0.29, 0.717) is 0 Å².